The van der Waals surface area contributed by atoms with E-state index in [1.165, 1.54) is 0 Å². The van der Waals surface area contributed by atoms with Gasteiger partial charge in [0.25, 0.3) is 5.91 Å². The van der Waals surface area contributed by atoms with Gasteiger partial charge in [-0.05, 0) is 68.3 Å². The molecule has 5 heteroatoms. The SMILES string of the molecule is C=CCOc1ccc(NC(=O)C(C)Oc2c(C)cc(Br)cc2C)cc1. The fraction of sp³-hybridized carbons (Fsp3) is 0.250. The Hall–Kier alpha value is -2.27. The topological polar surface area (TPSA) is 47.6 Å². The normalized spacial score (nSPS) is 11.5. The maximum absolute atomic E-state index is 12.4. The number of hydrogen-bond donors (Lipinski definition) is 1. The molecule has 2 aromatic rings. The first-order valence-electron chi connectivity index (χ1n) is 7.98. The van der Waals surface area contributed by atoms with Gasteiger partial charge in [-0.25, -0.2) is 0 Å². The van der Waals surface area contributed by atoms with Crippen LogP contribution in [-0.4, -0.2) is 18.6 Å². The van der Waals surface area contributed by atoms with Crippen molar-refractivity contribution in [2.45, 2.75) is 26.9 Å². The van der Waals surface area contributed by atoms with Gasteiger partial charge < -0.3 is 14.8 Å². The Labute approximate surface area is 157 Å². The van der Waals surface area contributed by atoms with Crippen LogP contribution in [0.1, 0.15) is 18.1 Å². The Morgan fingerprint density at radius 2 is 1.84 bits per heavy atom. The van der Waals surface area contributed by atoms with E-state index in [0.29, 0.717) is 12.3 Å². The fourth-order valence-corrected chi connectivity index (χ4v) is 3.03. The molecule has 0 radical (unpaired) electrons. The summed E-state index contributed by atoms with van der Waals surface area (Å²) >= 11 is 3.46. The summed E-state index contributed by atoms with van der Waals surface area (Å²) in [4.78, 5) is 12.4. The molecule has 0 aliphatic heterocycles. The minimum absolute atomic E-state index is 0.207. The second-order valence-corrected chi connectivity index (χ2v) is 6.66. The molecule has 0 saturated carbocycles. The molecule has 1 unspecified atom stereocenters. The molecule has 2 aromatic carbocycles. The highest BCUT2D eigenvalue weighted by Crippen LogP contribution is 2.28. The van der Waals surface area contributed by atoms with Crippen molar-refractivity contribution in [2.75, 3.05) is 11.9 Å². The third kappa shape index (κ3) is 5.36. The van der Waals surface area contributed by atoms with Gasteiger partial charge in [0, 0.05) is 10.2 Å². The van der Waals surface area contributed by atoms with Crippen LogP contribution in [0, 0.1) is 13.8 Å². The minimum Gasteiger partial charge on any atom is -0.490 e. The molecule has 1 amide bonds. The summed E-state index contributed by atoms with van der Waals surface area (Å²) in [5.41, 5.74) is 2.65. The number of halogens is 1. The van der Waals surface area contributed by atoms with Crippen molar-refractivity contribution >= 4 is 27.5 Å². The van der Waals surface area contributed by atoms with E-state index in [1.807, 2.05) is 26.0 Å². The summed E-state index contributed by atoms with van der Waals surface area (Å²) in [7, 11) is 0. The Morgan fingerprint density at radius 1 is 1.24 bits per heavy atom. The van der Waals surface area contributed by atoms with E-state index in [0.717, 1.165) is 27.1 Å². The van der Waals surface area contributed by atoms with Crippen molar-refractivity contribution in [1.82, 2.24) is 0 Å². The van der Waals surface area contributed by atoms with Crippen LogP contribution in [-0.2, 0) is 4.79 Å². The molecule has 0 fully saturated rings. The first kappa shape index (κ1) is 19.1. The largest absolute Gasteiger partial charge is 0.490 e. The average molecular weight is 404 g/mol. The number of ether oxygens (including phenoxy) is 2. The molecule has 25 heavy (non-hydrogen) atoms. The van der Waals surface area contributed by atoms with Crippen molar-refractivity contribution in [3.05, 3.63) is 64.7 Å². The number of aryl methyl sites for hydroxylation is 2. The van der Waals surface area contributed by atoms with Crippen LogP contribution < -0.4 is 14.8 Å². The minimum atomic E-state index is -0.615. The molecule has 0 bridgehead atoms. The molecule has 0 aliphatic carbocycles. The first-order valence-corrected chi connectivity index (χ1v) is 8.78. The molecular weight excluding hydrogens is 382 g/mol. The Kier molecular flexibility index (Phi) is 6.65. The van der Waals surface area contributed by atoms with Crippen molar-refractivity contribution in [1.29, 1.82) is 0 Å². The van der Waals surface area contributed by atoms with Crippen molar-refractivity contribution in [3.8, 4) is 11.5 Å². The summed E-state index contributed by atoms with van der Waals surface area (Å²) in [5.74, 6) is 1.25. The van der Waals surface area contributed by atoms with E-state index in [-0.39, 0.29) is 5.91 Å². The molecule has 0 heterocycles. The summed E-state index contributed by atoms with van der Waals surface area (Å²) in [5, 5.41) is 2.85. The van der Waals surface area contributed by atoms with Gasteiger partial charge in [0.05, 0.1) is 0 Å². The highest BCUT2D eigenvalue weighted by atomic mass is 79.9. The van der Waals surface area contributed by atoms with Crippen LogP contribution in [0.15, 0.2) is 53.5 Å². The summed E-state index contributed by atoms with van der Waals surface area (Å²) in [6, 6.07) is 11.1. The third-order valence-electron chi connectivity index (χ3n) is 3.58. The lowest BCUT2D eigenvalue weighted by molar-refractivity contribution is -0.122. The molecule has 0 spiro atoms. The quantitative estimate of drug-likeness (QED) is 0.658. The van der Waals surface area contributed by atoms with E-state index in [1.54, 1.807) is 37.3 Å². The fourth-order valence-electron chi connectivity index (χ4n) is 2.35. The van der Waals surface area contributed by atoms with Gasteiger partial charge in [-0.15, -0.1) is 0 Å². The monoisotopic (exact) mass is 403 g/mol. The lowest BCUT2D eigenvalue weighted by Crippen LogP contribution is -2.30. The summed E-state index contributed by atoms with van der Waals surface area (Å²) < 4.78 is 12.3. The Bertz CT molecular complexity index is 733. The highest BCUT2D eigenvalue weighted by molar-refractivity contribution is 9.10. The molecule has 4 nitrogen and oxygen atoms in total. The van der Waals surface area contributed by atoms with Crippen molar-refractivity contribution < 1.29 is 14.3 Å². The number of rotatable bonds is 7. The van der Waals surface area contributed by atoms with Gasteiger partial charge in [0.2, 0.25) is 0 Å². The lowest BCUT2D eigenvalue weighted by Gasteiger charge is -2.18. The molecular formula is C20H22BrNO3. The molecule has 132 valence electrons. The van der Waals surface area contributed by atoms with Crippen LogP contribution in [0.5, 0.6) is 11.5 Å². The molecule has 1 atom stereocenters. The zero-order valence-corrected chi connectivity index (χ0v) is 16.2. The third-order valence-corrected chi connectivity index (χ3v) is 4.04. The van der Waals surface area contributed by atoms with Crippen LogP contribution in [0.3, 0.4) is 0 Å². The van der Waals surface area contributed by atoms with Crippen LogP contribution in [0.4, 0.5) is 5.69 Å². The van der Waals surface area contributed by atoms with Gasteiger partial charge in [-0.2, -0.15) is 0 Å². The Morgan fingerprint density at radius 3 is 2.40 bits per heavy atom. The summed E-state index contributed by atoms with van der Waals surface area (Å²) in [6.45, 7) is 9.70. The second-order valence-electron chi connectivity index (χ2n) is 5.74. The van der Waals surface area contributed by atoms with Crippen LogP contribution >= 0.6 is 15.9 Å². The van der Waals surface area contributed by atoms with E-state index in [2.05, 4.69) is 27.8 Å². The maximum Gasteiger partial charge on any atom is 0.265 e. The van der Waals surface area contributed by atoms with Crippen molar-refractivity contribution in [3.63, 3.8) is 0 Å². The van der Waals surface area contributed by atoms with Gasteiger partial charge in [-0.3, -0.25) is 4.79 Å². The predicted octanol–water partition coefficient (Wildman–Crippen LogP) is 5.04. The molecule has 0 aliphatic rings. The van der Waals surface area contributed by atoms with Crippen molar-refractivity contribution in [2.24, 2.45) is 0 Å². The standard InChI is InChI=1S/C20H22BrNO3/c1-5-10-24-18-8-6-17(7-9-18)22-20(23)15(4)25-19-13(2)11-16(21)12-14(19)3/h5-9,11-12,15H,1,10H2,2-4H3,(H,22,23). The van der Waals surface area contributed by atoms with Gasteiger partial charge >= 0.3 is 0 Å². The predicted molar refractivity (Wildman–Crippen MR) is 104 cm³/mol. The molecule has 0 aromatic heterocycles. The lowest BCUT2D eigenvalue weighted by atomic mass is 10.1. The number of anilines is 1. The zero-order chi connectivity index (χ0) is 18.4. The maximum atomic E-state index is 12.4. The number of benzene rings is 2. The van der Waals surface area contributed by atoms with Crippen LogP contribution in [0.2, 0.25) is 0 Å². The number of carbonyl (C=O) groups excluding carboxylic acids is 1. The highest BCUT2D eigenvalue weighted by Gasteiger charge is 2.17. The van der Waals surface area contributed by atoms with E-state index in [9.17, 15) is 4.79 Å². The number of nitrogens with one attached hydrogen (secondary N) is 1. The van der Waals surface area contributed by atoms with E-state index in [4.69, 9.17) is 9.47 Å². The van der Waals surface area contributed by atoms with E-state index < -0.39 is 6.10 Å². The Balaban J connectivity index is 1.99. The zero-order valence-electron chi connectivity index (χ0n) is 14.6. The number of carbonyl (C=O) groups is 1. The van der Waals surface area contributed by atoms with Gasteiger partial charge in [0.1, 0.15) is 18.1 Å². The average Bonchev–Trinajstić information content (AvgIpc) is 2.57. The second kappa shape index (κ2) is 8.72. The molecule has 1 N–H and O–H groups in total. The summed E-state index contributed by atoms with van der Waals surface area (Å²) in [6.07, 6.45) is 1.07. The first-order chi connectivity index (χ1) is 11.9. The molecule has 0 saturated heterocycles. The molecule has 2 rings (SSSR count). The van der Waals surface area contributed by atoms with Gasteiger partial charge in [-0.1, -0.05) is 28.6 Å². The van der Waals surface area contributed by atoms with E-state index >= 15 is 0 Å². The number of hydrogen-bond acceptors (Lipinski definition) is 3. The smallest absolute Gasteiger partial charge is 0.265 e. The number of amides is 1. The van der Waals surface area contributed by atoms with Crippen LogP contribution in [0.25, 0.3) is 0 Å². The van der Waals surface area contributed by atoms with Gasteiger partial charge in [0.15, 0.2) is 6.10 Å².